The summed E-state index contributed by atoms with van der Waals surface area (Å²) in [5.41, 5.74) is 0. The smallest absolute Gasteiger partial charge is 0.306 e. The van der Waals surface area contributed by atoms with Gasteiger partial charge in [0.25, 0.3) is 0 Å². The highest BCUT2D eigenvalue weighted by molar-refractivity contribution is 5.70. The minimum Gasteiger partial charge on any atom is -0.462 e. The van der Waals surface area contributed by atoms with Crippen LogP contribution in [0.15, 0.2) is 48.6 Å². The lowest BCUT2D eigenvalue weighted by molar-refractivity contribution is -0.161. The standard InChI is InChI=1S/C88H166O5/c1-3-5-7-9-11-13-15-17-19-21-23-25-27-29-31-33-35-37-39-41-43-45-46-48-50-52-54-56-58-60-62-64-66-68-70-72-74-76-78-80-82-87(90)92-85-86(84-89)93-88(91)83-81-79-77-75-73-71-69-67-65-63-61-59-57-55-53-51-49-47-44-42-40-38-36-34-32-30-28-26-24-22-20-18-16-14-12-10-8-6-4-2/h6,8,12,14,18,20,24,26,86,89H,3-5,7,9-11,13,15-17,19,21-23,25,27-85H2,1-2H3/b8-6-,14-12-,20-18-,26-24-. The monoisotopic (exact) mass is 1300 g/mol. The van der Waals surface area contributed by atoms with E-state index in [-0.39, 0.29) is 25.2 Å². The Morgan fingerprint density at radius 1 is 0.258 bits per heavy atom. The molecular weight excluding hydrogens is 1140 g/mol. The number of hydrogen-bond acceptors (Lipinski definition) is 5. The van der Waals surface area contributed by atoms with Crippen LogP contribution in [0.1, 0.15) is 483 Å². The van der Waals surface area contributed by atoms with E-state index in [0.717, 1.165) is 57.8 Å². The zero-order valence-corrected chi connectivity index (χ0v) is 63.3. The van der Waals surface area contributed by atoms with Gasteiger partial charge in [0.05, 0.1) is 6.61 Å². The lowest BCUT2D eigenvalue weighted by Crippen LogP contribution is -2.28. The first-order valence-corrected chi connectivity index (χ1v) is 42.7. The van der Waals surface area contributed by atoms with Gasteiger partial charge in [-0.25, -0.2) is 0 Å². The maximum atomic E-state index is 12.4. The molecule has 0 aromatic rings. The number of rotatable bonds is 81. The minimum atomic E-state index is -0.770. The minimum absolute atomic E-state index is 0.0578. The fourth-order valence-corrected chi connectivity index (χ4v) is 13.6. The molecule has 0 aliphatic rings. The third-order valence-electron chi connectivity index (χ3n) is 19.9. The van der Waals surface area contributed by atoms with Crippen molar-refractivity contribution in [2.45, 2.75) is 489 Å². The van der Waals surface area contributed by atoms with Gasteiger partial charge in [-0.3, -0.25) is 9.59 Å². The predicted molar refractivity (Wildman–Crippen MR) is 413 cm³/mol. The Morgan fingerprint density at radius 2 is 0.462 bits per heavy atom. The van der Waals surface area contributed by atoms with Crippen LogP contribution in [0.2, 0.25) is 0 Å². The van der Waals surface area contributed by atoms with Crippen LogP contribution in [0, 0.1) is 0 Å². The number of aliphatic hydroxyl groups is 1. The van der Waals surface area contributed by atoms with Crippen molar-refractivity contribution in [2.24, 2.45) is 0 Å². The number of esters is 2. The molecule has 0 aliphatic carbocycles. The molecule has 0 rings (SSSR count). The molecule has 0 aromatic carbocycles. The molecule has 0 amide bonds. The lowest BCUT2D eigenvalue weighted by atomic mass is 10.0. The van der Waals surface area contributed by atoms with Crippen molar-refractivity contribution in [3.05, 3.63) is 48.6 Å². The van der Waals surface area contributed by atoms with E-state index in [9.17, 15) is 14.7 Å². The second kappa shape index (κ2) is 84.1. The number of carbonyl (C=O) groups is 2. The van der Waals surface area contributed by atoms with Crippen molar-refractivity contribution in [3.63, 3.8) is 0 Å². The average molecular weight is 1300 g/mol. The Kier molecular flexibility index (Phi) is 82.2. The van der Waals surface area contributed by atoms with Gasteiger partial charge in [0, 0.05) is 12.8 Å². The highest BCUT2D eigenvalue weighted by Gasteiger charge is 2.16. The van der Waals surface area contributed by atoms with Gasteiger partial charge in [-0.1, -0.05) is 467 Å². The van der Waals surface area contributed by atoms with Crippen molar-refractivity contribution in [2.75, 3.05) is 13.2 Å². The maximum absolute atomic E-state index is 12.4. The van der Waals surface area contributed by atoms with E-state index in [1.54, 1.807) is 0 Å². The van der Waals surface area contributed by atoms with Crippen LogP contribution < -0.4 is 0 Å². The number of hydrogen-bond donors (Lipinski definition) is 1. The summed E-state index contributed by atoms with van der Waals surface area (Å²) >= 11 is 0. The first-order chi connectivity index (χ1) is 46.1. The molecule has 0 saturated carbocycles. The largest absolute Gasteiger partial charge is 0.462 e. The summed E-state index contributed by atoms with van der Waals surface area (Å²) in [7, 11) is 0. The van der Waals surface area contributed by atoms with Crippen molar-refractivity contribution in [1.29, 1.82) is 0 Å². The summed E-state index contributed by atoms with van der Waals surface area (Å²) < 4.78 is 10.8. The summed E-state index contributed by atoms with van der Waals surface area (Å²) in [5.74, 6) is -0.560. The fourth-order valence-electron chi connectivity index (χ4n) is 13.6. The second-order valence-corrected chi connectivity index (χ2v) is 29.2. The molecule has 0 saturated heterocycles. The molecular formula is C88H166O5. The van der Waals surface area contributed by atoms with E-state index >= 15 is 0 Å². The summed E-state index contributed by atoms with van der Waals surface area (Å²) in [6.07, 6.45) is 115. The van der Waals surface area contributed by atoms with Gasteiger partial charge in [0.2, 0.25) is 0 Å². The van der Waals surface area contributed by atoms with Crippen molar-refractivity contribution in [1.82, 2.24) is 0 Å². The Hall–Kier alpha value is -2.14. The zero-order valence-electron chi connectivity index (χ0n) is 63.3. The van der Waals surface area contributed by atoms with Crippen LogP contribution in [0.5, 0.6) is 0 Å². The van der Waals surface area contributed by atoms with Crippen LogP contribution >= 0.6 is 0 Å². The average Bonchev–Trinajstić information content (AvgIpc) is 3.62. The van der Waals surface area contributed by atoms with E-state index < -0.39 is 6.10 Å². The van der Waals surface area contributed by atoms with Crippen molar-refractivity contribution < 1.29 is 24.2 Å². The number of allylic oxidation sites excluding steroid dienone is 8. The molecule has 93 heavy (non-hydrogen) atoms. The molecule has 1 atom stereocenters. The van der Waals surface area contributed by atoms with Crippen LogP contribution in [-0.4, -0.2) is 36.4 Å². The fraction of sp³-hybridized carbons (Fsp3) is 0.886. The van der Waals surface area contributed by atoms with Crippen molar-refractivity contribution >= 4 is 11.9 Å². The second-order valence-electron chi connectivity index (χ2n) is 29.2. The Morgan fingerprint density at radius 3 is 0.699 bits per heavy atom. The van der Waals surface area contributed by atoms with Crippen molar-refractivity contribution in [3.8, 4) is 0 Å². The summed E-state index contributed by atoms with van der Waals surface area (Å²) in [4.78, 5) is 24.7. The van der Waals surface area contributed by atoms with Gasteiger partial charge < -0.3 is 14.6 Å². The third-order valence-corrected chi connectivity index (χ3v) is 19.9. The molecule has 0 aliphatic heterocycles. The molecule has 0 bridgehead atoms. The zero-order chi connectivity index (χ0) is 66.8. The molecule has 1 N–H and O–H groups in total. The molecule has 1 unspecified atom stereocenters. The van der Waals surface area contributed by atoms with E-state index in [1.165, 1.54) is 398 Å². The van der Waals surface area contributed by atoms with Crippen LogP contribution in [0.3, 0.4) is 0 Å². The maximum Gasteiger partial charge on any atom is 0.306 e. The molecule has 0 fully saturated rings. The van der Waals surface area contributed by atoms with Gasteiger partial charge >= 0.3 is 11.9 Å². The molecule has 548 valence electrons. The highest BCUT2D eigenvalue weighted by atomic mass is 16.6. The predicted octanol–water partition coefficient (Wildman–Crippen LogP) is 30.2. The quantitative estimate of drug-likeness (QED) is 0.0373. The highest BCUT2D eigenvalue weighted by Crippen LogP contribution is 2.21. The number of ether oxygens (including phenoxy) is 2. The van der Waals surface area contributed by atoms with E-state index in [0.29, 0.717) is 12.8 Å². The Balaban J connectivity index is 3.34. The summed E-state index contributed by atoms with van der Waals surface area (Å²) in [5, 5.41) is 9.74. The van der Waals surface area contributed by atoms with E-state index in [1.807, 2.05) is 0 Å². The molecule has 0 heterocycles. The number of unbranched alkanes of at least 4 members (excludes halogenated alkanes) is 65. The first-order valence-electron chi connectivity index (χ1n) is 42.7. The van der Waals surface area contributed by atoms with Crippen LogP contribution in [0.25, 0.3) is 0 Å². The van der Waals surface area contributed by atoms with Gasteiger partial charge in [-0.2, -0.15) is 0 Å². The number of aliphatic hydroxyl groups excluding tert-OH is 1. The normalized spacial score (nSPS) is 12.3. The van der Waals surface area contributed by atoms with Crippen LogP contribution in [-0.2, 0) is 19.1 Å². The van der Waals surface area contributed by atoms with Crippen LogP contribution in [0.4, 0.5) is 0 Å². The van der Waals surface area contributed by atoms with E-state index in [2.05, 4.69) is 62.5 Å². The molecule has 0 aromatic heterocycles. The third kappa shape index (κ3) is 82.2. The van der Waals surface area contributed by atoms with Gasteiger partial charge in [0.1, 0.15) is 6.61 Å². The SMILES string of the molecule is CC/C=C\C/C=C\C/C=C\C/C=C\CCCCCCCCCCCCCCCCCCCCCCCCCCCCC(=O)OC(CO)COC(=O)CCCCCCCCCCCCCCCCCCCCCCCCCCCCCCCCCCCCCCCCCC. The number of carbonyl (C=O) groups excluding carboxylic acids is 2. The molecule has 0 spiro atoms. The van der Waals surface area contributed by atoms with E-state index in [4.69, 9.17) is 9.47 Å². The Labute approximate surface area is 583 Å². The topological polar surface area (TPSA) is 72.8 Å². The molecule has 0 radical (unpaired) electrons. The molecule has 5 nitrogen and oxygen atoms in total. The lowest BCUT2D eigenvalue weighted by Gasteiger charge is -2.15. The Bertz CT molecular complexity index is 1530. The van der Waals surface area contributed by atoms with Gasteiger partial charge in [0.15, 0.2) is 6.10 Å². The van der Waals surface area contributed by atoms with Gasteiger partial charge in [-0.05, 0) is 51.4 Å². The van der Waals surface area contributed by atoms with Gasteiger partial charge in [-0.15, -0.1) is 0 Å². The first kappa shape index (κ1) is 90.9. The summed E-state index contributed by atoms with van der Waals surface area (Å²) in [6, 6.07) is 0. The summed E-state index contributed by atoms with van der Waals surface area (Å²) in [6.45, 7) is 4.11. The molecule has 5 heteroatoms.